The van der Waals surface area contributed by atoms with Crippen LogP contribution in [-0.4, -0.2) is 14.5 Å². The molecule has 0 aliphatic rings. The number of halogens is 2. The molecule has 0 saturated heterocycles. The van der Waals surface area contributed by atoms with Gasteiger partial charge in [0.1, 0.15) is 7.62 Å². The van der Waals surface area contributed by atoms with E-state index < -0.39 is 14.5 Å². The largest absolute Gasteiger partial charge is 0.174 e. The maximum Gasteiger partial charge on any atom is 0.155 e. The van der Waals surface area contributed by atoms with E-state index in [1.807, 2.05) is 0 Å². The van der Waals surface area contributed by atoms with Crippen molar-refractivity contribution in [3.63, 3.8) is 0 Å². The van der Waals surface area contributed by atoms with Crippen LogP contribution in [0, 0.1) is 0 Å². The van der Waals surface area contributed by atoms with Gasteiger partial charge in [-0.25, -0.2) is 0 Å². The normalized spacial score (nSPS) is 16.7. The van der Waals surface area contributed by atoms with Gasteiger partial charge in [0.25, 0.3) is 0 Å². The molecule has 0 heterocycles. The zero-order chi connectivity index (χ0) is 6.08. The molecular weight excluding hydrogens is 163 g/mol. The maximum absolute atomic E-state index is 5.94. The number of hydrogen-bond donors (Lipinski definition) is 0. The highest BCUT2D eigenvalue weighted by Crippen LogP contribution is 2.13. The van der Waals surface area contributed by atoms with Crippen molar-refractivity contribution in [1.82, 2.24) is 0 Å². The quantitative estimate of drug-likeness (QED) is 0.421. The van der Waals surface area contributed by atoms with Gasteiger partial charge in [0.2, 0.25) is 0 Å². The third-order valence-corrected chi connectivity index (χ3v) is 17.4. The van der Waals surface area contributed by atoms with Gasteiger partial charge >= 0.3 is 0 Å². The molecule has 0 aromatic carbocycles. The van der Waals surface area contributed by atoms with Crippen LogP contribution in [0.4, 0.5) is 0 Å². The predicted octanol–water partition coefficient (Wildman–Crippen LogP) is 2.10. The van der Waals surface area contributed by atoms with Crippen molar-refractivity contribution in [2.75, 3.05) is 0 Å². The van der Waals surface area contributed by atoms with E-state index in [4.69, 9.17) is 22.2 Å². The van der Waals surface area contributed by atoms with E-state index in [0.29, 0.717) is 0 Å². The van der Waals surface area contributed by atoms with E-state index >= 15 is 0 Å². The molecule has 1 unspecified atom stereocenters. The first-order valence-electron chi connectivity index (χ1n) is 2.27. The second-order valence-corrected chi connectivity index (χ2v) is 20.6. The third-order valence-electron chi connectivity index (χ3n) is 0.946. The highest BCUT2D eigenvalue weighted by atomic mass is 35.6. The Hall–Kier alpha value is 1.01. The number of hydrogen-bond acceptors (Lipinski definition) is 0. The van der Waals surface area contributed by atoms with Crippen LogP contribution in [0.15, 0.2) is 0 Å². The van der Waals surface area contributed by atoms with Crippen molar-refractivity contribution in [2.24, 2.45) is 0 Å². The highest BCUT2D eigenvalue weighted by Gasteiger charge is 2.24. The second-order valence-electron chi connectivity index (χ2n) is 2.18. The SMILES string of the molecule is C[SiH](Cl)[Si](C)(C)Cl. The van der Waals surface area contributed by atoms with E-state index in [0.717, 1.165) is 0 Å². The van der Waals surface area contributed by atoms with Crippen LogP contribution in [-0.2, 0) is 0 Å². The van der Waals surface area contributed by atoms with E-state index in [2.05, 4.69) is 19.6 Å². The molecule has 0 fully saturated rings. The standard InChI is InChI=1S/C3H10Cl2Si2/c1-6(4)7(2,3)5/h6H,1-3H3. The van der Waals surface area contributed by atoms with E-state index in [9.17, 15) is 0 Å². The lowest BCUT2D eigenvalue weighted by atomic mass is 11.9. The lowest BCUT2D eigenvalue weighted by Gasteiger charge is -2.12. The summed E-state index contributed by atoms with van der Waals surface area (Å²) < 4.78 is 0. The minimum atomic E-state index is -1.36. The molecule has 0 bridgehead atoms. The topological polar surface area (TPSA) is 0 Å². The summed E-state index contributed by atoms with van der Waals surface area (Å²) in [6.07, 6.45) is 0. The molecule has 0 N–H and O–H groups in total. The fourth-order valence-electron chi connectivity index (χ4n) is 0. The van der Waals surface area contributed by atoms with Crippen LogP contribution in [0.1, 0.15) is 0 Å². The van der Waals surface area contributed by atoms with Gasteiger partial charge in [-0.15, -0.1) is 0 Å². The first kappa shape index (κ1) is 8.01. The monoisotopic (exact) mass is 172 g/mol. The Balaban J connectivity index is 3.54. The molecule has 0 saturated carbocycles. The number of rotatable bonds is 1. The molecule has 0 nitrogen and oxygen atoms in total. The summed E-state index contributed by atoms with van der Waals surface area (Å²) in [7, 11) is -0.982. The molecule has 4 heteroatoms. The van der Waals surface area contributed by atoms with E-state index in [-0.39, 0.29) is 0 Å². The van der Waals surface area contributed by atoms with E-state index in [1.165, 1.54) is 0 Å². The third kappa shape index (κ3) is 3.58. The van der Waals surface area contributed by atoms with Gasteiger partial charge in [0, 0.05) is 0 Å². The van der Waals surface area contributed by atoms with Crippen molar-refractivity contribution in [2.45, 2.75) is 19.6 Å². The van der Waals surface area contributed by atoms with Gasteiger partial charge in [0.05, 0.1) is 0 Å². The average Bonchev–Trinajstić information content (AvgIpc) is 1.31. The van der Waals surface area contributed by atoms with Gasteiger partial charge in [0.15, 0.2) is 6.90 Å². The lowest BCUT2D eigenvalue weighted by molar-refractivity contribution is 2.02. The van der Waals surface area contributed by atoms with Gasteiger partial charge in [-0.1, -0.05) is 19.6 Å². The lowest BCUT2D eigenvalue weighted by Crippen LogP contribution is -2.32. The molecular formula is C3H10Cl2Si2. The Kier molecular flexibility index (Phi) is 2.90. The van der Waals surface area contributed by atoms with Gasteiger partial charge in [-0.2, -0.15) is 22.2 Å². The van der Waals surface area contributed by atoms with Crippen molar-refractivity contribution >= 4 is 36.7 Å². The van der Waals surface area contributed by atoms with Gasteiger partial charge < -0.3 is 0 Å². The average molecular weight is 173 g/mol. The summed E-state index contributed by atoms with van der Waals surface area (Å²) in [5.41, 5.74) is 0. The van der Waals surface area contributed by atoms with Gasteiger partial charge in [-0.05, 0) is 0 Å². The molecule has 44 valence electrons. The Morgan fingerprint density at radius 3 is 1.57 bits per heavy atom. The molecule has 0 aliphatic heterocycles. The summed E-state index contributed by atoms with van der Waals surface area (Å²) >= 11 is 11.8. The summed E-state index contributed by atoms with van der Waals surface area (Å²) in [4.78, 5) is 0. The first-order valence-corrected chi connectivity index (χ1v) is 11.0. The van der Waals surface area contributed by atoms with Crippen LogP contribution < -0.4 is 0 Å². The smallest absolute Gasteiger partial charge is 0.155 e. The van der Waals surface area contributed by atoms with Crippen LogP contribution in [0.25, 0.3) is 0 Å². The van der Waals surface area contributed by atoms with Crippen LogP contribution in [0.2, 0.25) is 19.6 Å². The zero-order valence-electron chi connectivity index (χ0n) is 4.83. The van der Waals surface area contributed by atoms with Crippen LogP contribution >= 0.6 is 22.2 Å². The van der Waals surface area contributed by atoms with Crippen molar-refractivity contribution in [3.05, 3.63) is 0 Å². The minimum Gasteiger partial charge on any atom is -0.174 e. The van der Waals surface area contributed by atoms with Crippen molar-refractivity contribution in [3.8, 4) is 0 Å². The molecule has 0 spiro atoms. The zero-order valence-corrected chi connectivity index (χ0v) is 8.50. The Morgan fingerprint density at radius 1 is 1.43 bits per heavy atom. The molecule has 0 radical (unpaired) electrons. The molecule has 0 aliphatic carbocycles. The molecule has 0 rings (SSSR count). The maximum atomic E-state index is 5.94. The summed E-state index contributed by atoms with van der Waals surface area (Å²) in [5, 5.41) is 0. The van der Waals surface area contributed by atoms with Gasteiger partial charge in [-0.3, -0.25) is 0 Å². The fraction of sp³-hybridized carbons (Fsp3) is 1.00. The Bertz CT molecular complexity index is 56.4. The molecule has 1 atom stereocenters. The van der Waals surface area contributed by atoms with Crippen LogP contribution in [0.3, 0.4) is 0 Å². The van der Waals surface area contributed by atoms with Crippen molar-refractivity contribution < 1.29 is 0 Å². The first-order chi connectivity index (χ1) is 2.94. The summed E-state index contributed by atoms with van der Waals surface area (Å²) in [6.45, 7) is 4.92. The highest BCUT2D eigenvalue weighted by molar-refractivity contribution is 7.63. The van der Waals surface area contributed by atoms with Crippen LogP contribution in [0.5, 0.6) is 0 Å². The molecule has 0 amide bonds. The molecule has 7 heavy (non-hydrogen) atoms. The predicted molar refractivity (Wildman–Crippen MR) is 42.2 cm³/mol. The molecule has 0 aromatic heterocycles. The van der Waals surface area contributed by atoms with E-state index in [1.54, 1.807) is 0 Å². The fourth-order valence-corrected chi connectivity index (χ4v) is 0. The second kappa shape index (κ2) is 2.53. The summed E-state index contributed by atoms with van der Waals surface area (Å²) in [5.74, 6) is 0. The Labute approximate surface area is 56.6 Å². The van der Waals surface area contributed by atoms with Crippen molar-refractivity contribution in [1.29, 1.82) is 0 Å². The summed E-state index contributed by atoms with van der Waals surface area (Å²) in [6, 6.07) is 0. The molecule has 0 aromatic rings. The minimum absolute atomic E-state index is 0.982. The Morgan fingerprint density at radius 2 is 1.57 bits per heavy atom.